The van der Waals surface area contributed by atoms with Crippen molar-refractivity contribution in [3.8, 4) is 5.75 Å². The van der Waals surface area contributed by atoms with Crippen molar-refractivity contribution >= 4 is 26.8 Å². The van der Waals surface area contributed by atoms with Gasteiger partial charge in [-0.3, -0.25) is 4.90 Å². The Hall–Kier alpha value is -1.82. The lowest BCUT2D eigenvalue weighted by Crippen LogP contribution is -2.33. The zero-order valence-corrected chi connectivity index (χ0v) is 17.4. The molecule has 5 rings (SSSR count). The monoisotopic (exact) mass is 440 g/mol. The third-order valence-corrected chi connectivity index (χ3v) is 6.38. The van der Waals surface area contributed by atoms with Gasteiger partial charge < -0.3 is 14.4 Å². The van der Waals surface area contributed by atoms with Gasteiger partial charge in [-0.15, -0.1) is 0 Å². The first kappa shape index (κ1) is 18.2. The summed E-state index contributed by atoms with van der Waals surface area (Å²) in [6.45, 7) is 3.00. The number of aliphatic hydroxyl groups is 1. The Bertz CT molecular complexity index is 981. The standard InChI is InChI=1S/C23H25BrN2O2/c24-16-6-9-22-20(12-16)21-14-25(17-7-8-17)11-10-23(21)26(22)13-18(27)15-28-19-4-2-1-3-5-19/h1-6,9,12,17-18,27H,7-8,10-11,13-15H2. The second-order valence-corrected chi connectivity index (χ2v) is 8.84. The number of halogens is 1. The van der Waals surface area contributed by atoms with Crippen LogP contribution in [0.3, 0.4) is 0 Å². The van der Waals surface area contributed by atoms with Crippen LogP contribution in [0.25, 0.3) is 10.9 Å². The Morgan fingerprint density at radius 1 is 1.14 bits per heavy atom. The molecule has 3 aromatic rings. The van der Waals surface area contributed by atoms with Gasteiger partial charge in [0.2, 0.25) is 0 Å². The van der Waals surface area contributed by atoms with E-state index >= 15 is 0 Å². The average Bonchev–Trinajstić information content (AvgIpc) is 3.53. The molecule has 1 unspecified atom stereocenters. The molecule has 4 nitrogen and oxygen atoms in total. The number of hydrogen-bond donors (Lipinski definition) is 1. The van der Waals surface area contributed by atoms with Crippen molar-refractivity contribution in [1.82, 2.24) is 9.47 Å². The van der Waals surface area contributed by atoms with E-state index in [1.165, 1.54) is 35.0 Å². The summed E-state index contributed by atoms with van der Waals surface area (Å²) in [5.74, 6) is 0.796. The number of benzene rings is 2. The fourth-order valence-electron chi connectivity index (χ4n) is 4.38. The molecule has 1 aliphatic carbocycles. The topological polar surface area (TPSA) is 37.6 Å². The van der Waals surface area contributed by atoms with Gasteiger partial charge in [0.25, 0.3) is 0 Å². The zero-order chi connectivity index (χ0) is 19.1. The Morgan fingerprint density at radius 2 is 1.96 bits per heavy atom. The molecule has 0 spiro atoms. The van der Waals surface area contributed by atoms with Crippen molar-refractivity contribution in [3.05, 3.63) is 64.3 Å². The summed E-state index contributed by atoms with van der Waals surface area (Å²) in [5.41, 5.74) is 4.03. The Morgan fingerprint density at radius 3 is 2.75 bits per heavy atom. The van der Waals surface area contributed by atoms with Gasteiger partial charge in [-0.25, -0.2) is 0 Å². The fourth-order valence-corrected chi connectivity index (χ4v) is 4.74. The van der Waals surface area contributed by atoms with Crippen LogP contribution in [0.4, 0.5) is 0 Å². The van der Waals surface area contributed by atoms with Crippen molar-refractivity contribution < 1.29 is 9.84 Å². The first-order valence-electron chi connectivity index (χ1n) is 10.1. The van der Waals surface area contributed by atoms with Crippen LogP contribution in [0.5, 0.6) is 5.75 Å². The van der Waals surface area contributed by atoms with Crippen LogP contribution in [0, 0.1) is 0 Å². The third kappa shape index (κ3) is 3.59. The molecule has 2 aromatic carbocycles. The molecular weight excluding hydrogens is 416 g/mol. The molecule has 1 aliphatic heterocycles. The lowest BCUT2D eigenvalue weighted by Gasteiger charge is -2.28. The van der Waals surface area contributed by atoms with Gasteiger partial charge in [-0.2, -0.15) is 0 Å². The van der Waals surface area contributed by atoms with Crippen LogP contribution in [0.15, 0.2) is 53.0 Å². The third-order valence-electron chi connectivity index (χ3n) is 5.89. The maximum Gasteiger partial charge on any atom is 0.119 e. The summed E-state index contributed by atoms with van der Waals surface area (Å²) in [6.07, 6.45) is 3.18. The first-order chi connectivity index (χ1) is 13.7. The molecule has 1 atom stereocenters. The highest BCUT2D eigenvalue weighted by molar-refractivity contribution is 9.10. The molecular formula is C23H25BrN2O2. The Kier molecular flexibility index (Phi) is 4.91. The van der Waals surface area contributed by atoms with Gasteiger partial charge in [-0.1, -0.05) is 34.1 Å². The summed E-state index contributed by atoms with van der Waals surface area (Å²) >= 11 is 3.64. The van der Waals surface area contributed by atoms with Crippen LogP contribution in [-0.2, 0) is 19.5 Å². The number of para-hydroxylation sites is 1. The number of rotatable bonds is 6. The van der Waals surface area contributed by atoms with E-state index in [4.69, 9.17) is 4.74 Å². The number of hydrogen-bond acceptors (Lipinski definition) is 3. The van der Waals surface area contributed by atoms with E-state index in [0.717, 1.165) is 35.8 Å². The van der Waals surface area contributed by atoms with Crippen molar-refractivity contribution in [3.63, 3.8) is 0 Å². The minimum atomic E-state index is -0.551. The summed E-state index contributed by atoms with van der Waals surface area (Å²) < 4.78 is 9.20. The molecule has 1 N–H and O–H groups in total. The Balaban J connectivity index is 1.41. The van der Waals surface area contributed by atoms with Crippen molar-refractivity contribution in [2.45, 2.75) is 44.5 Å². The normalized spacial score (nSPS) is 18.2. The van der Waals surface area contributed by atoms with E-state index in [-0.39, 0.29) is 0 Å². The predicted octanol–water partition coefficient (Wildman–Crippen LogP) is 4.36. The van der Waals surface area contributed by atoms with Gasteiger partial charge in [0, 0.05) is 46.6 Å². The van der Waals surface area contributed by atoms with Gasteiger partial charge in [0.15, 0.2) is 0 Å². The molecule has 146 valence electrons. The number of ether oxygens (including phenoxy) is 1. The summed E-state index contributed by atoms with van der Waals surface area (Å²) in [4.78, 5) is 2.63. The number of aliphatic hydroxyl groups excluding tert-OH is 1. The molecule has 5 heteroatoms. The minimum absolute atomic E-state index is 0.295. The molecule has 0 bridgehead atoms. The van der Waals surface area contributed by atoms with E-state index in [2.05, 4.69) is 43.6 Å². The molecule has 0 radical (unpaired) electrons. The van der Waals surface area contributed by atoms with Crippen LogP contribution in [0.2, 0.25) is 0 Å². The van der Waals surface area contributed by atoms with E-state index in [1.54, 1.807) is 0 Å². The highest BCUT2D eigenvalue weighted by Gasteiger charge is 2.33. The molecule has 2 heterocycles. The predicted molar refractivity (Wildman–Crippen MR) is 115 cm³/mol. The van der Waals surface area contributed by atoms with E-state index in [9.17, 15) is 5.11 Å². The van der Waals surface area contributed by atoms with Crippen molar-refractivity contribution in [2.24, 2.45) is 0 Å². The van der Waals surface area contributed by atoms with Crippen molar-refractivity contribution in [2.75, 3.05) is 13.2 Å². The van der Waals surface area contributed by atoms with Crippen LogP contribution in [0.1, 0.15) is 24.1 Å². The second kappa shape index (κ2) is 7.54. The van der Waals surface area contributed by atoms with Gasteiger partial charge in [0.1, 0.15) is 18.5 Å². The van der Waals surface area contributed by atoms with Gasteiger partial charge >= 0.3 is 0 Å². The number of fused-ring (bicyclic) bond motifs is 3. The zero-order valence-electron chi connectivity index (χ0n) is 15.9. The molecule has 0 amide bonds. The van der Waals surface area contributed by atoms with E-state index in [1.807, 2.05) is 30.3 Å². The number of nitrogens with zero attached hydrogens (tertiary/aromatic N) is 2. The molecule has 1 aromatic heterocycles. The molecule has 2 aliphatic rings. The molecule has 1 fully saturated rings. The second-order valence-electron chi connectivity index (χ2n) is 7.93. The van der Waals surface area contributed by atoms with Crippen LogP contribution < -0.4 is 4.74 Å². The maximum atomic E-state index is 10.7. The number of aromatic nitrogens is 1. The van der Waals surface area contributed by atoms with E-state index in [0.29, 0.717) is 13.2 Å². The lowest BCUT2D eigenvalue weighted by atomic mass is 10.0. The highest BCUT2D eigenvalue weighted by Crippen LogP contribution is 2.37. The highest BCUT2D eigenvalue weighted by atomic mass is 79.9. The molecule has 28 heavy (non-hydrogen) atoms. The Labute approximate surface area is 173 Å². The van der Waals surface area contributed by atoms with Crippen LogP contribution in [-0.4, -0.2) is 39.9 Å². The summed E-state index contributed by atoms with van der Waals surface area (Å²) in [7, 11) is 0. The fraction of sp³-hybridized carbons (Fsp3) is 0.391. The minimum Gasteiger partial charge on any atom is -0.491 e. The first-order valence-corrected chi connectivity index (χ1v) is 10.9. The molecule has 1 saturated carbocycles. The van der Waals surface area contributed by atoms with E-state index < -0.39 is 6.10 Å². The largest absolute Gasteiger partial charge is 0.491 e. The smallest absolute Gasteiger partial charge is 0.119 e. The lowest BCUT2D eigenvalue weighted by molar-refractivity contribution is 0.0924. The maximum absolute atomic E-state index is 10.7. The summed E-state index contributed by atoms with van der Waals surface area (Å²) in [6, 6.07) is 17.0. The van der Waals surface area contributed by atoms with Gasteiger partial charge in [-0.05, 0) is 48.7 Å². The SMILES string of the molecule is OC(COc1ccccc1)Cn1c2c(c3cc(Br)ccc31)CN(C1CC1)CC2. The average molecular weight is 441 g/mol. The summed E-state index contributed by atoms with van der Waals surface area (Å²) in [5, 5.41) is 12.0. The van der Waals surface area contributed by atoms with Crippen molar-refractivity contribution in [1.29, 1.82) is 0 Å². The van der Waals surface area contributed by atoms with Crippen LogP contribution >= 0.6 is 15.9 Å². The van der Waals surface area contributed by atoms with Gasteiger partial charge in [0.05, 0.1) is 6.54 Å². The molecule has 0 saturated heterocycles. The quantitative estimate of drug-likeness (QED) is 0.618.